The van der Waals surface area contributed by atoms with Gasteiger partial charge in [0.25, 0.3) is 0 Å². The van der Waals surface area contributed by atoms with E-state index in [1.54, 1.807) is 0 Å². The Bertz CT molecular complexity index is 529. The van der Waals surface area contributed by atoms with Gasteiger partial charge in [-0.3, -0.25) is 9.69 Å². The Kier molecular flexibility index (Phi) is 5.98. The molecule has 23 heavy (non-hydrogen) atoms. The molecule has 1 atom stereocenters. The first-order chi connectivity index (χ1) is 11.0. The van der Waals surface area contributed by atoms with Gasteiger partial charge in [-0.2, -0.15) is 0 Å². The molecular weight excluding hydrogens is 294 g/mol. The molecule has 1 fully saturated rings. The minimum atomic E-state index is -0.808. The second-order valence-electron chi connectivity index (χ2n) is 6.03. The normalized spacial score (nSPS) is 21.3. The second kappa shape index (κ2) is 7.97. The molecule has 0 saturated heterocycles. The lowest BCUT2D eigenvalue weighted by Gasteiger charge is -2.42. The Morgan fingerprint density at radius 2 is 1.96 bits per heavy atom. The maximum absolute atomic E-state index is 12.0. The van der Waals surface area contributed by atoms with Crippen LogP contribution in [0.3, 0.4) is 0 Å². The number of nitrogens with zero attached hydrogens (tertiary/aromatic N) is 1. The molecule has 6 heteroatoms. The van der Waals surface area contributed by atoms with Gasteiger partial charge in [0, 0.05) is 12.1 Å². The van der Waals surface area contributed by atoms with Crippen LogP contribution in [0.1, 0.15) is 38.3 Å². The smallest absolute Gasteiger partial charge is 0.317 e. The van der Waals surface area contributed by atoms with E-state index in [-0.39, 0.29) is 30.7 Å². The molecule has 0 heterocycles. The zero-order valence-electron chi connectivity index (χ0n) is 13.7. The summed E-state index contributed by atoms with van der Waals surface area (Å²) >= 11 is 0. The number of aliphatic carboxylic acids is 1. The van der Waals surface area contributed by atoms with E-state index in [2.05, 4.69) is 10.6 Å². The number of rotatable bonds is 7. The van der Waals surface area contributed by atoms with Crippen LogP contribution < -0.4 is 10.6 Å². The first kappa shape index (κ1) is 17.3. The standard InChI is InChI=1S/C17H25N3O3/c1-3-20(11-16(21)22)15-9-14(10-15)19-17(23)18-12(2)13-7-5-4-6-8-13/h4-8,12,14-15H,3,9-11H2,1-2H3,(H,21,22)(H2,18,19,23)/t12-,14?,15?/m1/s1. The van der Waals surface area contributed by atoms with Gasteiger partial charge >= 0.3 is 12.0 Å². The maximum atomic E-state index is 12.0. The summed E-state index contributed by atoms with van der Waals surface area (Å²) in [5, 5.41) is 14.8. The molecule has 0 unspecified atom stereocenters. The third-order valence-electron chi connectivity index (χ3n) is 4.36. The number of hydrogen-bond acceptors (Lipinski definition) is 3. The molecule has 126 valence electrons. The van der Waals surface area contributed by atoms with Gasteiger partial charge in [-0.15, -0.1) is 0 Å². The third kappa shape index (κ3) is 4.96. The van der Waals surface area contributed by atoms with Crippen LogP contribution in [-0.4, -0.2) is 47.2 Å². The van der Waals surface area contributed by atoms with E-state index >= 15 is 0 Å². The van der Waals surface area contributed by atoms with Crippen molar-refractivity contribution in [3.63, 3.8) is 0 Å². The molecule has 3 N–H and O–H groups in total. The number of nitrogens with one attached hydrogen (secondary N) is 2. The lowest BCUT2D eigenvalue weighted by molar-refractivity contribution is -0.139. The van der Waals surface area contributed by atoms with Gasteiger partial charge in [-0.05, 0) is 31.9 Å². The van der Waals surface area contributed by atoms with Crippen molar-refractivity contribution >= 4 is 12.0 Å². The van der Waals surface area contributed by atoms with E-state index in [9.17, 15) is 9.59 Å². The molecule has 6 nitrogen and oxygen atoms in total. The number of carbonyl (C=O) groups is 2. The number of hydrogen-bond donors (Lipinski definition) is 3. The molecule has 0 aromatic heterocycles. The predicted octanol–water partition coefficient (Wildman–Crippen LogP) is 1.98. The molecule has 2 rings (SSSR count). The summed E-state index contributed by atoms with van der Waals surface area (Å²) in [4.78, 5) is 24.8. The topological polar surface area (TPSA) is 81.7 Å². The third-order valence-corrected chi connectivity index (χ3v) is 4.36. The summed E-state index contributed by atoms with van der Waals surface area (Å²) in [7, 11) is 0. The van der Waals surface area contributed by atoms with Crippen molar-refractivity contribution in [1.29, 1.82) is 0 Å². The van der Waals surface area contributed by atoms with Crippen LogP contribution in [0.2, 0.25) is 0 Å². The molecule has 0 spiro atoms. The van der Waals surface area contributed by atoms with Gasteiger partial charge in [0.05, 0.1) is 12.6 Å². The summed E-state index contributed by atoms with van der Waals surface area (Å²) in [5.74, 6) is -0.808. The SMILES string of the molecule is CCN(CC(=O)O)C1CC(NC(=O)N[C@H](C)c2ccccc2)C1. The van der Waals surface area contributed by atoms with Crippen molar-refractivity contribution in [3.8, 4) is 0 Å². The first-order valence-corrected chi connectivity index (χ1v) is 8.07. The van der Waals surface area contributed by atoms with E-state index in [1.807, 2.05) is 49.1 Å². The van der Waals surface area contributed by atoms with Gasteiger partial charge in [0.2, 0.25) is 0 Å². The van der Waals surface area contributed by atoms with Gasteiger partial charge < -0.3 is 15.7 Å². The largest absolute Gasteiger partial charge is 0.480 e. The highest BCUT2D eigenvalue weighted by Gasteiger charge is 2.34. The Hall–Kier alpha value is -2.08. The van der Waals surface area contributed by atoms with Gasteiger partial charge in [0.15, 0.2) is 0 Å². The number of carboxylic acids is 1. The average molecular weight is 319 g/mol. The Balaban J connectivity index is 1.72. The van der Waals surface area contributed by atoms with Crippen LogP contribution in [-0.2, 0) is 4.79 Å². The van der Waals surface area contributed by atoms with E-state index in [0.717, 1.165) is 18.4 Å². The molecule has 1 saturated carbocycles. The first-order valence-electron chi connectivity index (χ1n) is 8.07. The van der Waals surface area contributed by atoms with Gasteiger partial charge in [0.1, 0.15) is 0 Å². The Labute approximate surface area is 136 Å². The summed E-state index contributed by atoms with van der Waals surface area (Å²) in [6.07, 6.45) is 1.60. The number of carbonyl (C=O) groups excluding carboxylic acids is 1. The minimum absolute atomic E-state index is 0.0498. The quantitative estimate of drug-likeness (QED) is 0.718. The van der Waals surface area contributed by atoms with Crippen molar-refractivity contribution in [3.05, 3.63) is 35.9 Å². The Morgan fingerprint density at radius 3 is 2.52 bits per heavy atom. The van der Waals surface area contributed by atoms with E-state index in [1.165, 1.54) is 0 Å². The summed E-state index contributed by atoms with van der Waals surface area (Å²) < 4.78 is 0. The zero-order chi connectivity index (χ0) is 16.8. The van der Waals surface area contributed by atoms with Crippen molar-refractivity contribution < 1.29 is 14.7 Å². The van der Waals surface area contributed by atoms with Crippen molar-refractivity contribution in [2.24, 2.45) is 0 Å². The summed E-state index contributed by atoms with van der Waals surface area (Å²) in [5.41, 5.74) is 1.06. The van der Waals surface area contributed by atoms with Crippen LogP contribution >= 0.6 is 0 Å². The van der Waals surface area contributed by atoms with Crippen LogP contribution in [0, 0.1) is 0 Å². The molecular formula is C17H25N3O3. The number of amides is 2. The van der Waals surface area contributed by atoms with Crippen molar-refractivity contribution in [2.45, 2.75) is 44.8 Å². The molecule has 1 aromatic carbocycles. The fraction of sp³-hybridized carbons (Fsp3) is 0.529. The second-order valence-corrected chi connectivity index (χ2v) is 6.03. The fourth-order valence-electron chi connectivity index (χ4n) is 2.93. The molecule has 0 radical (unpaired) electrons. The highest BCUT2D eigenvalue weighted by atomic mass is 16.4. The lowest BCUT2D eigenvalue weighted by Crippen LogP contribution is -2.56. The zero-order valence-corrected chi connectivity index (χ0v) is 13.7. The van der Waals surface area contributed by atoms with Crippen LogP contribution in [0.25, 0.3) is 0 Å². The molecule has 1 aliphatic rings. The minimum Gasteiger partial charge on any atom is -0.480 e. The Morgan fingerprint density at radius 1 is 1.30 bits per heavy atom. The summed E-state index contributed by atoms with van der Waals surface area (Å²) in [6, 6.07) is 9.94. The highest BCUT2D eigenvalue weighted by molar-refractivity contribution is 5.75. The number of urea groups is 1. The summed E-state index contributed by atoms with van der Waals surface area (Å²) in [6.45, 7) is 4.67. The van der Waals surface area contributed by atoms with Gasteiger partial charge in [-0.1, -0.05) is 37.3 Å². The van der Waals surface area contributed by atoms with E-state index in [4.69, 9.17) is 5.11 Å². The average Bonchev–Trinajstić information content (AvgIpc) is 2.49. The molecule has 1 aliphatic carbocycles. The molecule has 0 aliphatic heterocycles. The van der Waals surface area contributed by atoms with Crippen LogP contribution in [0.5, 0.6) is 0 Å². The monoisotopic (exact) mass is 319 g/mol. The van der Waals surface area contributed by atoms with Crippen LogP contribution in [0.15, 0.2) is 30.3 Å². The number of benzene rings is 1. The fourth-order valence-corrected chi connectivity index (χ4v) is 2.93. The molecule has 0 bridgehead atoms. The van der Waals surface area contributed by atoms with E-state index in [0.29, 0.717) is 6.54 Å². The predicted molar refractivity (Wildman–Crippen MR) is 88.2 cm³/mol. The highest BCUT2D eigenvalue weighted by Crippen LogP contribution is 2.25. The molecule has 2 amide bonds. The number of likely N-dealkylation sites (N-methyl/N-ethyl adjacent to an activating group) is 1. The number of carboxylic acid groups (broad SMARTS) is 1. The van der Waals surface area contributed by atoms with E-state index < -0.39 is 5.97 Å². The molecule has 1 aromatic rings. The van der Waals surface area contributed by atoms with Crippen LogP contribution in [0.4, 0.5) is 4.79 Å². The maximum Gasteiger partial charge on any atom is 0.317 e. The lowest BCUT2D eigenvalue weighted by atomic mass is 9.85. The van der Waals surface area contributed by atoms with Crippen molar-refractivity contribution in [2.75, 3.05) is 13.1 Å². The van der Waals surface area contributed by atoms with Crippen molar-refractivity contribution in [1.82, 2.24) is 15.5 Å². The van der Waals surface area contributed by atoms with Gasteiger partial charge in [-0.25, -0.2) is 4.79 Å².